The second-order valence-electron chi connectivity index (χ2n) is 6.34. The summed E-state index contributed by atoms with van der Waals surface area (Å²) in [5.74, 6) is -4.48. The van der Waals surface area contributed by atoms with E-state index in [1.165, 1.54) is 0 Å². The van der Waals surface area contributed by atoms with Gasteiger partial charge >= 0.3 is 12.4 Å². The lowest BCUT2D eigenvalue weighted by Gasteiger charge is -2.65. The van der Waals surface area contributed by atoms with E-state index in [0.717, 1.165) is 12.1 Å². The Bertz CT molecular complexity index is 602. The van der Waals surface area contributed by atoms with E-state index >= 15 is 0 Å². The molecule has 10 heteroatoms. The van der Waals surface area contributed by atoms with Gasteiger partial charge in [0.2, 0.25) is 0 Å². The quantitative estimate of drug-likeness (QED) is 0.389. The van der Waals surface area contributed by atoms with E-state index in [9.17, 15) is 36.9 Å². The highest BCUT2D eigenvalue weighted by Crippen LogP contribution is 2.84. The Kier molecular flexibility index (Phi) is 3.45. The third-order valence-corrected chi connectivity index (χ3v) is 9.05. The first-order chi connectivity index (χ1) is 10.4. The Hall–Kier alpha value is -0.480. The molecule has 23 heavy (non-hydrogen) atoms. The molecule has 0 aromatic rings. The van der Waals surface area contributed by atoms with Crippen molar-refractivity contribution in [1.82, 2.24) is 0 Å². The van der Waals surface area contributed by atoms with Crippen molar-refractivity contribution in [1.29, 1.82) is 10.5 Å². The Labute approximate surface area is 144 Å². The van der Waals surface area contributed by atoms with Crippen LogP contribution in [0.3, 0.4) is 0 Å². The number of halogens is 8. The van der Waals surface area contributed by atoms with Gasteiger partial charge in [0.1, 0.15) is 0 Å². The van der Waals surface area contributed by atoms with Crippen LogP contribution in [0.2, 0.25) is 0 Å². The molecule has 0 spiro atoms. The molecule has 3 rings (SSSR count). The molecule has 6 atom stereocenters. The van der Waals surface area contributed by atoms with Crippen LogP contribution < -0.4 is 0 Å². The highest BCUT2D eigenvalue weighted by atomic mass is 79.9. The van der Waals surface area contributed by atoms with Crippen molar-refractivity contribution in [2.45, 2.75) is 28.4 Å². The normalized spacial score (nSPS) is 43.2. The molecule has 0 heterocycles. The molecule has 0 N–H and O–H groups in total. The molecular weight excluding hydrogens is 458 g/mol. The standard InChI is InChI=1S/C13H8Br2F6N2/c14-8-4-1-5(9(8)15)7-6(4)10(2-22,3-23)11(7,12(16,17)18)13(19,20)21/h4-9H,1H2/t4-,5+,6+,7-,8-,9+/m1/s1. The van der Waals surface area contributed by atoms with E-state index < -0.39 is 51.7 Å². The summed E-state index contributed by atoms with van der Waals surface area (Å²) in [7, 11) is 0. The first-order valence-corrected chi connectivity index (χ1v) is 8.49. The Morgan fingerprint density at radius 2 is 1.22 bits per heavy atom. The zero-order valence-electron chi connectivity index (χ0n) is 11.1. The van der Waals surface area contributed by atoms with Crippen LogP contribution in [0.1, 0.15) is 6.42 Å². The number of nitriles is 2. The fourth-order valence-electron chi connectivity index (χ4n) is 5.22. The smallest absolute Gasteiger partial charge is 0.197 e. The van der Waals surface area contributed by atoms with Crippen LogP contribution in [0.25, 0.3) is 0 Å². The predicted molar refractivity (Wildman–Crippen MR) is 72.2 cm³/mol. The monoisotopic (exact) mass is 464 g/mol. The van der Waals surface area contributed by atoms with Gasteiger partial charge in [-0.2, -0.15) is 36.9 Å². The Morgan fingerprint density at radius 3 is 1.57 bits per heavy atom. The van der Waals surface area contributed by atoms with Gasteiger partial charge < -0.3 is 0 Å². The summed E-state index contributed by atoms with van der Waals surface area (Å²) in [5.41, 5.74) is -7.42. The second-order valence-corrected chi connectivity index (χ2v) is 8.45. The first-order valence-electron chi connectivity index (χ1n) is 6.66. The molecule has 0 unspecified atom stereocenters. The summed E-state index contributed by atoms with van der Waals surface area (Å²) in [5, 5.41) is 18.5. The van der Waals surface area contributed by atoms with Gasteiger partial charge in [-0.25, -0.2) is 0 Å². The van der Waals surface area contributed by atoms with Gasteiger partial charge in [-0.15, -0.1) is 0 Å². The molecule has 2 bridgehead atoms. The first kappa shape index (κ1) is 17.3. The van der Waals surface area contributed by atoms with Gasteiger partial charge in [0.15, 0.2) is 10.8 Å². The molecular formula is C13H8Br2F6N2. The zero-order valence-corrected chi connectivity index (χ0v) is 14.3. The molecule has 0 aliphatic heterocycles. The van der Waals surface area contributed by atoms with Crippen molar-refractivity contribution in [2.24, 2.45) is 34.5 Å². The predicted octanol–water partition coefficient (Wildman–Crippen LogP) is 4.55. The molecule has 0 radical (unpaired) electrons. The molecule has 3 saturated carbocycles. The van der Waals surface area contributed by atoms with Crippen molar-refractivity contribution in [3.63, 3.8) is 0 Å². The van der Waals surface area contributed by atoms with Crippen LogP contribution in [0.4, 0.5) is 26.3 Å². The molecule has 2 nitrogen and oxygen atoms in total. The Morgan fingerprint density at radius 1 is 0.826 bits per heavy atom. The minimum atomic E-state index is -5.73. The summed E-state index contributed by atoms with van der Waals surface area (Å²) in [4.78, 5) is -0.900. The third-order valence-electron chi connectivity index (χ3n) is 5.85. The second kappa shape index (κ2) is 4.57. The van der Waals surface area contributed by atoms with Gasteiger partial charge in [-0.05, 0) is 24.2 Å². The summed E-state index contributed by atoms with van der Waals surface area (Å²) in [6.07, 6.45) is -11.3. The highest BCUT2D eigenvalue weighted by molar-refractivity contribution is 9.12. The molecule has 0 aromatic carbocycles. The van der Waals surface area contributed by atoms with Crippen LogP contribution in [0.5, 0.6) is 0 Å². The molecule has 3 aliphatic carbocycles. The SMILES string of the molecule is N#CC1(C#N)[C@H]2[C@H]3C[C@H]([C@H](Br)[C@@H]3Br)[C@H]2C1(C(F)(F)F)C(F)(F)F. The van der Waals surface area contributed by atoms with Crippen LogP contribution in [0.15, 0.2) is 0 Å². The number of alkyl halides is 8. The largest absolute Gasteiger partial charge is 0.406 e. The van der Waals surface area contributed by atoms with Crippen LogP contribution in [-0.4, -0.2) is 22.0 Å². The minimum absolute atomic E-state index is 0.139. The molecule has 0 saturated heterocycles. The van der Waals surface area contributed by atoms with Crippen molar-refractivity contribution < 1.29 is 26.3 Å². The Balaban J connectivity index is 2.28. The van der Waals surface area contributed by atoms with Crippen molar-refractivity contribution in [3.05, 3.63) is 0 Å². The highest BCUT2D eigenvalue weighted by Gasteiger charge is 2.96. The van der Waals surface area contributed by atoms with E-state index in [4.69, 9.17) is 0 Å². The lowest BCUT2D eigenvalue weighted by molar-refractivity contribution is -0.436. The average molecular weight is 466 g/mol. The number of fused-ring (bicyclic) bond motifs is 5. The van der Waals surface area contributed by atoms with Gasteiger partial charge in [0.05, 0.1) is 12.1 Å². The summed E-state index contributed by atoms with van der Waals surface area (Å²) in [6.45, 7) is 0. The topological polar surface area (TPSA) is 47.6 Å². The van der Waals surface area contributed by atoms with E-state index in [-0.39, 0.29) is 11.2 Å². The number of rotatable bonds is 0. The number of nitrogens with zero attached hydrogens (tertiary/aromatic N) is 2. The van der Waals surface area contributed by atoms with Gasteiger partial charge in [0.25, 0.3) is 0 Å². The summed E-state index contributed by atoms with van der Waals surface area (Å²) in [6, 6.07) is 2.25. The van der Waals surface area contributed by atoms with Crippen molar-refractivity contribution in [2.75, 3.05) is 0 Å². The molecule has 3 fully saturated rings. The zero-order chi connectivity index (χ0) is 17.6. The fraction of sp³-hybridized carbons (Fsp3) is 0.846. The van der Waals surface area contributed by atoms with Crippen molar-refractivity contribution in [3.8, 4) is 12.1 Å². The third kappa shape index (κ3) is 1.56. The molecule has 126 valence electrons. The van der Waals surface area contributed by atoms with Gasteiger partial charge in [0, 0.05) is 15.6 Å². The van der Waals surface area contributed by atoms with E-state index in [2.05, 4.69) is 31.9 Å². The van der Waals surface area contributed by atoms with E-state index in [1.807, 2.05) is 0 Å². The van der Waals surface area contributed by atoms with E-state index in [1.54, 1.807) is 0 Å². The van der Waals surface area contributed by atoms with Crippen LogP contribution in [0, 0.1) is 57.2 Å². The maximum Gasteiger partial charge on any atom is 0.406 e. The van der Waals surface area contributed by atoms with Crippen LogP contribution in [-0.2, 0) is 0 Å². The lowest BCUT2D eigenvalue weighted by atomic mass is 9.35. The molecule has 0 amide bonds. The fourth-order valence-corrected chi connectivity index (χ4v) is 7.09. The lowest BCUT2D eigenvalue weighted by Crippen LogP contribution is -2.78. The summed E-state index contributed by atoms with van der Waals surface area (Å²) < 4.78 is 82.0. The maximum absolute atomic E-state index is 13.7. The van der Waals surface area contributed by atoms with Crippen LogP contribution >= 0.6 is 31.9 Å². The minimum Gasteiger partial charge on any atom is -0.197 e. The summed E-state index contributed by atoms with van der Waals surface area (Å²) >= 11 is 6.46. The number of hydrogen-bond acceptors (Lipinski definition) is 2. The average Bonchev–Trinajstić information content (AvgIpc) is 2.84. The number of hydrogen-bond donors (Lipinski definition) is 0. The van der Waals surface area contributed by atoms with Gasteiger partial charge in [-0.1, -0.05) is 31.9 Å². The van der Waals surface area contributed by atoms with E-state index in [0.29, 0.717) is 0 Å². The molecule has 3 aliphatic rings. The maximum atomic E-state index is 13.7. The van der Waals surface area contributed by atoms with Gasteiger partial charge in [-0.3, -0.25) is 0 Å². The molecule has 0 aromatic heterocycles. The van der Waals surface area contributed by atoms with Crippen molar-refractivity contribution >= 4 is 31.9 Å².